The molecule has 108 valence electrons. The summed E-state index contributed by atoms with van der Waals surface area (Å²) in [6.45, 7) is 0. The number of nitrogens with two attached hydrogens (primary N) is 1. The molecule has 0 atom stereocenters. The third kappa shape index (κ3) is 2.00. The van der Waals surface area contributed by atoms with E-state index in [2.05, 4.69) is 4.98 Å². The summed E-state index contributed by atoms with van der Waals surface area (Å²) in [5.74, 6) is 0.872. The van der Waals surface area contributed by atoms with Crippen molar-refractivity contribution in [2.24, 2.45) is 0 Å². The van der Waals surface area contributed by atoms with Crippen molar-refractivity contribution in [3.63, 3.8) is 0 Å². The number of anilines is 1. The summed E-state index contributed by atoms with van der Waals surface area (Å²) < 4.78 is 3.14. The van der Waals surface area contributed by atoms with Crippen LogP contribution in [0.3, 0.4) is 0 Å². The van der Waals surface area contributed by atoms with Crippen molar-refractivity contribution in [1.29, 1.82) is 0 Å². The van der Waals surface area contributed by atoms with Gasteiger partial charge in [-0.3, -0.25) is 0 Å². The van der Waals surface area contributed by atoms with Gasteiger partial charge < -0.3 is 15.4 Å². The summed E-state index contributed by atoms with van der Waals surface area (Å²) in [7, 11) is 0. The SMILES string of the molecule is Nc1c(-c2nc3ccccc3s2)c(O)cn1C1CCCC1. The summed E-state index contributed by atoms with van der Waals surface area (Å²) in [5.41, 5.74) is 7.94. The van der Waals surface area contributed by atoms with Crippen molar-refractivity contribution in [1.82, 2.24) is 9.55 Å². The minimum atomic E-state index is 0.235. The molecule has 1 aliphatic rings. The van der Waals surface area contributed by atoms with Crippen LogP contribution >= 0.6 is 11.3 Å². The number of aromatic nitrogens is 2. The molecule has 0 radical (unpaired) electrons. The quantitative estimate of drug-likeness (QED) is 0.746. The Balaban J connectivity index is 1.84. The highest BCUT2D eigenvalue weighted by atomic mass is 32.1. The summed E-state index contributed by atoms with van der Waals surface area (Å²) in [4.78, 5) is 4.61. The van der Waals surface area contributed by atoms with Gasteiger partial charge in [-0.25, -0.2) is 4.98 Å². The van der Waals surface area contributed by atoms with Gasteiger partial charge in [0.1, 0.15) is 16.6 Å². The lowest BCUT2D eigenvalue weighted by Gasteiger charge is -2.13. The first-order valence-corrected chi connectivity index (χ1v) is 8.11. The van der Waals surface area contributed by atoms with Crippen molar-refractivity contribution in [3.8, 4) is 16.3 Å². The third-order valence-electron chi connectivity index (χ3n) is 4.28. The molecule has 1 fully saturated rings. The Morgan fingerprint density at radius 3 is 2.76 bits per heavy atom. The van der Waals surface area contributed by atoms with Crippen LogP contribution in [-0.2, 0) is 0 Å². The average molecular weight is 299 g/mol. The van der Waals surface area contributed by atoms with E-state index in [-0.39, 0.29) is 5.75 Å². The molecule has 3 aromatic rings. The maximum atomic E-state index is 10.3. The summed E-state index contributed by atoms with van der Waals surface area (Å²) >= 11 is 1.57. The first-order valence-electron chi connectivity index (χ1n) is 7.29. The van der Waals surface area contributed by atoms with Crippen molar-refractivity contribution < 1.29 is 5.11 Å². The average Bonchev–Trinajstić information content (AvgIpc) is 3.17. The molecule has 3 N–H and O–H groups in total. The van der Waals surface area contributed by atoms with E-state index in [0.29, 0.717) is 17.4 Å². The van der Waals surface area contributed by atoms with E-state index in [4.69, 9.17) is 5.73 Å². The van der Waals surface area contributed by atoms with Gasteiger partial charge >= 0.3 is 0 Å². The third-order valence-corrected chi connectivity index (χ3v) is 5.33. The molecular formula is C16H17N3OS. The van der Waals surface area contributed by atoms with Crippen LogP contribution in [-0.4, -0.2) is 14.7 Å². The van der Waals surface area contributed by atoms with E-state index < -0.39 is 0 Å². The van der Waals surface area contributed by atoms with E-state index in [9.17, 15) is 5.11 Å². The summed E-state index contributed by atoms with van der Waals surface area (Å²) in [6.07, 6.45) is 6.51. The van der Waals surface area contributed by atoms with Crippen LogP contribution in [0.15, 0.2) is 30.5 Å². The van der Waals surface area contributed by atoms with E-state index in [1.807, 2.05) is 28.8 Å². The lowest BCUT2D eigenvalue weighted by Crippen LogP contribution is -2.07. The van der Waals surface area contributed by atoms with Crippen LogP contribution in [0.2, 0.25) is 0 Å². The molecule has 2 heterocycles. The molecule has 0 saturated heterocycles. The second-order valence-corrected chi connectivity index (χ2v) is 6.64. The van der Waals surface area contributed by atoms with Crippen LogP contribution in [0.4, 0.5) is 5.82 Å². The Kier molecular flexibility index (Phi) is 2.89. The Labute approximate surface area is 126 Å². The number of hydrogen-bond acceptors (Lipinski definition) is 4. The molecule has 0 spiro atoms. The molecule has 0 unspecified atom stereocenters. The van der Waals surface area contributed by atoms with E-state index in [0.717, 1.165) is 28.1 Å². The van der Waals surface area contributed by atoms with Crippen LogP contribution < -0.4 is 5.73 Å². The molecule has 1 aromatic carbocycles. The van der Waals surface area contributed by atoms with Crippen LogP contribution in [0, 0.1) is 0 Å². The number of nitrogens with zero attached hydrogens (tertiary/aromatic N) is 2. The fourth-order valence-corrected chi connectivity index (χ4v) is 4.24. The normalized spacial score (nSPS) is 16.0. The molecular weight excluding hydrogens is 282 g/mol. The zero-order valence-corrected chi connectivity index (χ0v) is 12.4. The molecule has 0 aliphatic heterocycles. The van der Waals surface area contributed by atoms with Gasteiger partial charge in [-0.15, -0.1) is 11.3 Å². The lowest BCUT2D eigenvalue weighted by molar-refractivity contribution is 0.466. The van der Waals surface area contributed by atoms with E-state index in [1.54, 1.807) is 17.5 Å². The Hall–Kier alpha value is -2.01. The maximum absolute atomic E-state index is 10.3. The van der Waals surface area contributed by atoms with Crippen molar-refractivity contribution >= 4 is 27.4 Å². The number of nitrogen functional groups attached to an aromatic ring is 1. The molecule has 21 heavy (non-hydrogen) atoms. The van der Waals surface area contributed by atoms with Gasteiger partial charge in [-0.05, 0) is 25.0 Å². The molecule has 4 rings (SSSR count). The molecule has 4 nitrogen and oxygen atoms in total. The largest absolute Gasteiger partial charge is 0.506 e. The standard InChI is InChI=1S/C16H17N3OS/c17-15-14(12(20)9-19(15)10-5-1-2-6-10)16-18-11-7-3-4-8-13(11)21-16/h3-4,7-10,20H,1-2,5-6,17H2. The van der Waals surface area contributed by atoms with Gasteiger partial charge in [0.25, 0.3) is 0 Å². The minimum absolute atomic E-state index is 0.235. The van der Waals surface area contributed by atoms with Gasteiger partial charge in [0.2, 0.25) is 0 Å². The topological polar surface area (TPSA) is 64.1 Å². The maximum Gasteiger partial charge on any atom is 0.145 e. The lowest BCUT2D eigenvalue weighted by atomic mass is 10.2. The monoisotopic (exact) mass is 299 g/mol. The number of hydrogen-bond donors (Lipinski definition) is 2. The number of rotatable bonds is 2. The van der Waals surface area contributed by atoms with E-state index >= 15 is 0 Å². The Morgan fingerprint density at radius 1 is 1.24 bits per heavy atom. The summed E-state index contributed by atoms with van der Waals surface area (Å²) in [6, 6.07) is 8.41. The number of aromatic hydroxyl groups is 1. The minimum Gasteiger partial charge on any atom is -0.506 e. The van der Waals surface area contributed by atoms with Crippen molar-refractivity contribution in [3.05, 3.63) is 30.5 Å². The molecule has 1 aliphatic carbocycles. The number of thiazole rings is 1. The summed E-state index contributed by atoms with van der Waals surface area (Å²) in [5, 5.41) is 11.1. The van der Waals surface area contributed by atoms with Crippen LogP contribution in [0.1, 0.15) is 31.7 Å². The number of benzene rings is 1. The van der Waals surface area contributed by atoms with Gasteiger partial charge in [0, 0.05) is 12.2 Å². The molecule has 2 aromatic heterocycles. The first-order chi connectivity index (χ1) is 10.2. The predicted molar refractivity (Wildman–Crippen MR) is 86.6 cm³/mol. The highest BCUT2D eigenvalue weighted by Crippen LogP contribution is 2.43. The highest BCUT2D eigenvalue weighted by Gasteiger charge is 2.24. The highest BCUT2D eigenvalue weighted by molar-refractivity contribution is 7.21. The Bertz CT molecular complexity index is 766. The van der Waals surface area contributed by atoms with Gasteiger partial charge in [0.15, 0.2) is 0 Å². The number of para-hydroxylation sites is 1. The van der Waals surface area contributed by atoms with Gasteiger partial charge in [-0.1, -0.05) is 25.0 Å². The second kappa shape index (κ2) is 4.77. The first kappa shape index (κ1) is 12.7. The molecule has 5 heteroatoms. The zero-order valence-electron chi connectivity index (χ0n) is 11.6. The molecule has 1 saturated carbocycles. The number of fused-ring (bicyclic) bond motifs is 1. The van der Waals surface area contributed by atoms with Crippen LogP contribution in [0.5, 0.6) is 5.75 Å². The van der Waals surface area contributed by atoms with Gasteiger partial charge in [-0.2, -0.15) is 0 Å². The smallest absolute Gasteiger partial charge is 0.145 e. The van der Waals surface area contributed by atoms with E-state index in [1.165, 1.54) is 12.8 Å². The zero-order chi connectivity index (χ0) is 14.4. The molecule has 0 bridgehead atoms. The molecule has 0 amide bonds. The van der Waals surface area contributed by atoms with Crippen molar-refractivity contribution in [2.45, 2.75) is 31.7 Å². The Morgan fingerprint density at radius 2 is 2.00 bits per heavy atom. The fraction of sp³-hybridized carbons (Fsp3) is 0.312. The predicted octanol–water partition coefficient (Wildman–Crippen LogP) is 4.17. The van der Waals surface area contributed by atoms with Crippen molar-refractivity contribution in [2.75, 3.05) is 5.73 Å². The fourth-order valence-electron chi connectivity index (χ4n) is 3.21. The second-order valence-electron chi connectivity index (χ2n) is 5.61. The van der Waals surface area contributed by atoms with Gasteiger partial charge in [0.05, 0.1) is 15.8 Å². The van der Waals surface area contributed by atoms with Crippen LogP contribution in [0.25, 0.3) is 20.8 Å².